The predicted molar refractivity (Wildman–Crippen MR) is 66.0 cm³/mol. The van der Waals surface area contributed by atoms with Crippen LogP contribution in [0.3, 0.4) is 0 Å². The van der Waals surface area contributed by atoms with Crippen LogP contribution >= 0.6 is 0 Å². The quantitative estimate of drug-likeness (QED) is 0.640. The zero-order valence-electron chi connectivity index (χ0n) is 9.80. The lowest BCUT2D eigenvalue weighted by molar-refractivity contribution is -0.384. The molecule has 1 atom stereocenters. The highest BCUT2D eigenvalue weighted by Crippen LogP contribution is 2.29. The third-order valence-electron chi connectivity index (χ3n) is 3.17. The Bertz CT molecular complexity index is 435. The molecule has 0 radical (unpaired) electrons. The van der Waals surface area contributed by atoms with E-state index in [4.69, 9.17) is 5.73 Å². The Morgan fingerprint density at radius 2 is 2.41 bits per heavy atom. The number of hydrogen-bond donors (Lipinski definition) is 1. The van der Waals surface area contributed by atoms with Crippen LogP contribution in [0.4, 0.5) is 17.3 Å². The Balaban J connectivity index is 2.34. The van der Waals surface area contributed by atoms with Crippen molar-refractivity contribution in [3.63, 3.8) is 0 Å². The molecule has 0 aliphatic carbocycles. The molecule has 17 heavy (non-hydrogen) atoms. The van der Waals surface area contributed by atoms with Crippen molar-refractivity contribution in [3.8, 4) is 0 Å². The molecule has 1 aromatic heterocycles. The molecule has 6 nitrogen and oxygen atoms in total. The van der Waals surface area contributed by atoms with E-state index in [1.165, 1.54) is 12.1 Å². The summed E-state index contributed by atoms with van der Waals surface area (Å²) in [6.45, 7) is 3.01. The summed E-state index contributed by atoms with van der Waals surface area (Å²) in [7, 11) is 0. The second-order valence-corrected chi connectivity index (χ2v) is 4.26. The normalized spacial score (nSPS) is 19.6. The highest BCUT2D eigenvalue weighted by molar-refractivity contribution is 5.55. The molecule has 1 unspecified atom stereocenters. The van der Waals surface area contributed by atoms with Crippen LogP contribution in [-0.4, -0.2) is 22.5 Å². The van der Waals surface area contributed by atoms with E-state index in [9.17, 15) is 10.1 Å². The van der Waals surface area contributed by atoms with Gasteiger partial charge in [0.05, 0.1) is 17.1 Å². The molecule has 1 aliphatic rings. The van der Waals surface area contributed by atoms with Gasteiger partial charge in [0, 0.05) is 12.6 Å². The van der Waals surface area contributed by atoms with Gasteiger partial charge in [0.15, 0.2) is 0 Å². The molecule has 6 heteroatoms. The summed E-state index contributed by atoms with van der Waals surface area (Å²) in [6.07, 6.45) is 3.23. The fourth-order valence-electron chi connectivity index (χ4n) is 2.34. The Morgan fingerprint density at radius 1 is 1.65 bits per heavy atom. The van der Waals surface area contributed by atoms with Crippen LogP contribution in [0.2, 0.25) is 0 Å². The van der Waals surface area contributed by atoms with Crippen molar-refractivity contribution in [2.24, 2.45) is 0 Å². The van der Waals surface area contributed by atoms with Gasteiger partial charge < -0.3 is 10.6 Å². The smallest absolute Gasteiger partial charge is 0.276 e. The van der Waals surface area contributed by atoms with Crippen molar-refractivity contribution >= 4 is 17.3 Å². The maximum Gasteiger partial charge on any atom is 0.276 e. The first-order valence-electron chi connectivity index (χ1n) is 5.80. The molecular weight excluding hydrogens is 220 g/mol. The standard InChI is InChI=1S/C11H16N4O2/c1-2-8-4-3-5-14(8)11-7-9(15(16)17)6-10(12)13-11/h6-8H,2-5H2,1H3,(H2,12,13). The molecular formula is C11H16N4O2. The van der Waals surface area contributed by atoms with Gasteiger partial charge in [-0.1, -0.05) is 6.92 Å². The van der Waals surface area contributed by atoms with Crippen LogP contribution in [0.1, 0.15) is 26.2 Å². The van der Waals surface area contributed by atoms with E-state index in [1.807, 2.05) is 0 Å². The van der Waals surface area contributed by atoms with E-state index in [1.54, 1.807) is 0 Å². The SMILES string of the molecule is CCC1CCCN1c1cc([N+](=O)[O-])cc(N)n1. The number of nitrogens with two attached hydrogens (primary N) is 1. The molecule has 2 heterocycles. The molecule has 1 fully saturated rings. The largest absolute Gasteiger partial charge is 0.383 e. The second-order valence-electron chi connectivity index (χ2n) is 4.26. The first-order valence-corrected chi connectivity index (χ1v) is 5.80. The van der Waals surface area contributed by atoms with E-state index in [-0.39, 0.29) is 11.5 Å². The summed E-state index contributed by atoms with van der Waals surface area (Å²) >= 11 is 0. The van der Waals surface area contributed by atoms with Crippen molar-refractivity contribution < 1.29 is 4.92 Å². The molecule has 1 saturated heterocycles. The lowest BCUT2D eigenvalue weighted by Crippen LogP contribution is -2.29. The minimum atomic E-state index is -0.432. The van der Waals surface area contributed by atoms with E-state index in [0.717, 1.165) is 25.8 Å². The van der Waals surface area contributed by atoms with Gasteiger partial charge in [-0.15, -0.1) is 0 Å². The highest BCUT2D eigenvalue weighted by Gasteiger charge is 2.25. The second kappa shape index (κ2) is 4.57. The average Bonchev–Trinajstić information content (AvgIpc) is 2.76. The van der Waals surface area contributed by atoms with Crippen molar-refractivity contribution in [3.05, 3.63) is 22.2 Å². The van der Waals surface area contributed by atoms with Crippen LogP contribution in [-0.2, 0) is 0 Å². The number of rotatable bonds is 3. The van der Waals surface area contributed by atoms with Crippen LogP contribution in [0.25, 0.3) is 0 Å². The zero-order chi connectivity index (χ0) is 12.4. The maximum absolute atomic E-state index is 10.8. The summed E-state index contributed by atoms with van der Waals surface area (Å²) in [5.41, 5.74) is 5.62. The molecule has 0 aromatic carbocycles. The molecule has 2 rings (SSSR count). The number of hydrogen-bond acceptors (Lipinski definition) is 5. The topological polar surface area (TPSA) is 85.3 Å². The number of pyridine rings is 1. The maximum atomic E-state index is 10.8. The zero-order valence-corrected chi connectivity index (χ0v) is 9.80. The molecule has 0 amide bonds. The van der Waals surface area contributed by atoms with E-state index < -0.39 is 4.92 Å². The van der Waals surface area contributed by atoms with Crippen molar-refractivity contribution in [2.75, 3.05) is 17.2 Å². The summed E-state index contributed by atoms with van der Waals surface area (Å²) in [6, 6.07) is 3.22. The Morgan fingerprint density at radius 3 is 3.06 bits per heavy atom. The molecule has 0 bridgehead atoms. The van der Waals surface area contributed by atoms with Gasteiger partial charge in [-0.05, 0) is 19.3 Å². The third kappa shape index (κ3) is 2.30. The lowest BCUT2D eigenvalue weighted by Gasteiger charge is -2.24. The number of aromatic nitrogens is 1. The van der Waals surface area contributed by atoms with Gasteiger partial charge in [-0.25, -0.2) is 4.98 Å². The van der Waals surface area contributed by atoms with Gasteiger partial charge in [0.1, 0.15) is 11.6 Å². The average molecular weight is 236 g/mol. The van der Waals surface area contributed by atoms with Gasteiger partial charge in [0.25, 0.3) is 5.69 Å². The number of nitro groups is 1. The number of nitrogen functional groups attached to an aromatic ring is 1. The van der Waals surface area contributed by atoms with Gasteiger partial charge in [-0.3, -0.25) is 10.1 Å². The van der Waals surface area contributed by atoms with Gasteiger partial charge in [0.2, 0.25) is 0 Å². The van der Waals surface area contributed by atoms with E-state index in [2.05, 4.69) is 16.8 Å². The molecule has 92 valence electrons. The first kappa shape index (κ1) is 11.6. The Kier molecular flexibility index (Phi) is 3.12. The summed E-state index contributed by atoms with van der Waals surface area (Å²) in [5.74, 6) is 0.831. The molecule has 0 saturated carbocycles. The van der Waals surface area contributed by atoms with Crippen LogP contribution < -0.4 is 10.6 Å². The van der Waals surface area contributed by atoms with Crippen LogP contribution in [0.15, 0.2) is 12.1 Å². The van der Waals surface area contributed by atoms with E-state index >= 15 is 0 Å². The van der Waals surface area contributed by atoms with Crippen molar-refractivity contribution in [1.29, 1.82) is 0 Å². The number of anilines is 2. The van der Waals surface area contributed by atoms with Crippen molar-refractivity contribution in [2.45, 2.75) is 32.2 Å². The Labute approximate surface area is 99.6 Å². The molecule has 1 aliphatic heterocycles. The van der Waals surface area contributed by atoms with Crippen molar-refractivity contribution in [1.82, 2.24) is 4.98 Å². The highest BCUT2D eigenvalue weighted by atomic mass is 16.6. The Hall–Kier alpha value is -1.85. The predicted octanol–water partition coefficient (Wildman–Crippen LogP) is 1.95. The van der Waals surface area contributed by atoms with Crippen LogP contribution in [0.5, 0.6) is 0 Å². The molecule has 1 aromatic rings. The minimum Gasteiger partial charge on any atom is -0.383 e. The third-order valence-corrected chi connectivity index (χ3v) is 3.17. The number of nitrogens with zero attached hydrogens (tertiary/aromatic N) is 3. The van der Waals surface area contributed by atoms with Gasteiger partial charge >= 0.3 is 0 Å². The summed E-state index contributed by atoms with van der Waals surface area (Å²) in [5, 5.41) is 10.8. The van der Waals surface area contributed by atoms with Gasteiger partial charge in [-0.2, -0.15) is 0 Å². The van der Waals surface area contributed by atoms with Crippen LogP contribution in [0, 0.1) is 10.1 Å². The fraction of sp³-hybridized carbons (Fsp3) is 0.545. The lowest BCUT2D eigenvalue weighted by atomic mass is 10.2. The fourth-order valence-corrected chi connectivity index (χ4v) is 2.34. The molecule has 2 N–H and O–H groups in total. The molecule has 0 spiro atoms. The summed E-state index contributed by atoms with van der Waals surface area (Å²) in [4.78, 5) is 16.7. The minimum absolute atomic E-state index is 0.00857. The first-order chi connectivity index (χ1) is 8.11. The monoisotopic (exact) mass is 236 g/mol. The summed E-state index contributed by atoms with van der Waals surface area (Å²) < 4.78 is 0. The van der Waals surface area contributed by atoms with E-state index in [0.29, 0.717) is 11.9 Å².